The number of hydrogen-bond acceptors (Lipinski definition) is 0. The third-order valence-electron chi connectivity index (χ3n) is 13.2. The molecule has 0 saturated carbocycles. The van der Waals surface area contributed by atoms with Gasteiger partial charge in [0.1, 0.15) is 0 Å². The van der Waals surface area contributed by atoms with Gasteiger partial charge in [-0.3, -0.25) is 0 Å². The van der Waals surface area contributed by atoms with Crippen molar-refractivity contribution in [3.63, 3.8) is 0 Å². The average Bonchev–Trinajstić information content (AvgIpc) is 3.57. The highest BCUT2D eigenvalue weighted by atomic mass is 14.3. The molecule has 7 aromatic rings. The van der Waals surface area contributed by atoms with Crippen LogP contribution in [0, 0.1) is 0 Å². The summed E-state index contributed by atoms with van der Waals surface area (Å²) in [5.74, 6) is 0. The van der Waals surface area contributed by atoms with Crippen molar-refractivity contribution in [1.82, 2.24) is 0 Å². The Hall–Kier alpha value is -4.94. The van der Waals surface area contributed by atoms with Gasteiger partial charge in [0, 0.05) is 0 Å². The van der Waals surface area contributed by atoms with Gasteiger partial charge < -0.3 is 0 Å². The predicted octanol–water partition coefficient (Wildman–Crippen LogP) is 15.7. The second-order valence-electron chi connectivity index (χ2n) is 16.0. The van der Waals surface area contributed by atoms with E-state index in [1.165, 1.54) is 127 Å². The zero-order chi connectivity index (χ0) is 39.2. The minimum Gasteiger partial charge on any atom is -0.0613 e. The van der Waals surface area contributed by atoms with Crippen molar-refractivity contribution in [3.05, 3.63) is 141 Å². The first-order valence-corrected chi connectivity index (χ1v) is 22.0. The molecule has 0 bridgehead atoms. The Morgan fingerprint density at radius 2 is 0.571 bits per heavy atom. The van der Waals surface area contributed by atoms with Gasteiger partial charge in [-0.15, -0.1) is 0 Å². The van der Waals surface area contributed by atoms with Crippen LogP contribution in [0.3, 0.4) is 0 Å². The summed E-state index contributed by atoms with van der Waals surface area (Å²) in [5.41, 5.74) is 27.1. The van der Waals surface area contributed by atoms with Gasteiger partial charge in [0.2, 0.25) is 0 Å². The molecule has 0 saturated heterocycles. The fourth-order valence-electron chi connectivity index (χ4n) is 10.2. The molecule has 0 atom stereocenters. The van der Waals surface area contributed by atoms with Crippen molar-refractivity contribution in [2.75, 3.05) is 0 Å². The number of benzene rings is 7. The first-order valence-electron chi connectivity index (χ1n) is 22.0. The van der Waals surface area contributed by atoms with Crippen molar-refractivity contribution in [1.29, 1.82) is 0 Å². The van der Waals surface area contributed by atoms with Gasteiger partial charge >= 0.3 is 0 Å². The molecule has 7 aromatic carbocycles. The highest BCUT2D eigenvalue weighted by Crippen LogP contribution is 2.53. The van der Waals surface area contributed by atoms with Crippen LogP contribution in [0.15, 0.2) is 91.0 Å². The summed E-state index contributed by atoms with van der Waals surface area (Å²) < 4.78 is 0. The Labute approximate surface area is 337 Å². The molecule has 0 heterocycles. The molecule has 1 aliphatic carbocycles. The molecule has 284 valence electrons. The second kappa shape index (κ2) is 15.5. The fourth-order valence-corrected chi connectivity index (χ4v) is 10.2. The molecule has 0 heteroatoms. The van der Waals surface area contributed by atoms with Gasteiger partial charge in [0.05, 0.1) is 0 Å². The maximum atomic E-state index is 2.59. The molecule has 56 heavy (non-hydrogen) atoms. The molecular weight excluding hydrogens is 673 g/mol. The van der Waals surface area contributed by atoms with Gasteiger partial charge in [-0.05, 0) is 197 Å². The first-order chi connectivity index (χ1) is 27.4. The summed E-state index contributed by atoms with van der Waals surface area (Å²) in [4.78, 5) is 0. The summed E-state index contributed by atoms with van der Waals surface area (Å²) in [6.45, 7) is 20.8. The van der Waals surface area contributed by atoms with Crippen LogP contribution in [0.4, 0.5) is 0 Å². The monoisotopic (exact) mass is 732 g/mol. The maximum absolute atomic E-state index is 2.59. The lowest BCUT2D eigenvalue weighted by Gasteiger charge is -2.22. The summed E-state index contributed by atoms with van der Waals surface area (Å²) >= 11 is 0. The van der Waals surface area contributed by atoms with E-state index >= 15 is 0 Å². The van der Waals surface area contributed by atoms with Crippen LogP contribution in [-0.2, 0) is 57.8 Å². The van der Waals surface area contributed by atoms with Crippen LogP contribution in [0.2, 0.25) is 0 Å². The molecule has 0 aliphatic heterocycles. The van der Waals surface area contributed by atoms with Gasteiger partial charge in [-0.2, -0.15) is 0 Å². The van der Waals surface area contributed by atoms with Crippen LogP contribution >= 0.6 is 0 Å². The lowest BCUT2D eigenvalue weighted by molar-refractivity contribution is 1.05. The van der Waals surface area contributed by atoms with Gasteiger partial charge in [0.15, 0.2) is 0 Å². The normalized spacial score (nSPS) is 11.9. The first kappa shape index (κ1) is 38.0. The fraction of sp³-hybridized carbons (Fsp3) is 0.321. The van der Waals surface area contributed by atoms with Crippen LogP contribution in [0.25, 0.3) is 77.2 Å². The molecule has 0 unspecified atom stereocenters. The van der Waals surface area contributed by atoms with E-state index in [0.29, 0.717) is 0 Å². The zero-order valence-electron chi connectivity index (χ0n) is 35.5. The van der Waals surface area contributed by atoms with E-state index in [0.717, 1.165) is 57.8 Å². The average molecular weight is 733 g/mol. The predicted molar refractivity (Wildman–Crippen MR) is 247 cm³/mol. The summed E-state index contributed by atoms with van der Waals surface area (Å²) in [7, 11) is 0. The highest BCUT2D eigenvalue weighted by Gasteiger charge is 2.27. The van der Waals surface area contributed by atoms with E-state index in [9.17, 15) is 0 Å². The minimum absolute atomic E-state index is 1.02. The Morgan fingerprint density at radius 3 is 0.893 bits per heavy atom. The molecule has 1 aliphatic rings. The topological polar surface area (TPSA) is 0 Å². The summed E-state index contributed by atoms with van der Waals surface area (Å²) in [5, 5.41) is 5.54. The van der Waals surface area contributed by atoms with E-state index < -0.39 is 0 Å². The standard InChI is InChI=1S/C56H60/c1-10-34-26-37(13-4)53(38(14-5)27-34)45-22-25-48-52-33-51-47(55-41(17-8)30-36(12-3)31-42(55)18-9)24-23-46(54-39(15-6)28-35(11-2)29-40(54)16-7)50(51)32-49(52)44-21-19-20-43(45)56(44)48/h19-33H,10-18H2,1-9H3. The number of hydrogen-bond donors (Lipinski definition) is 0. The third kappa shape index (κ3) is 6.03. The van der Waals surface area contributed by atoms with Crippen LogP contribution in [0.5, 0.6) is 0 Å². The Kier molecular flexibility index (Phi) is 10.5. The van der Waals surface area contributed by atoms with Crippen molar-refractivity contribution in [2.24, 2.45) is 0 Å². The van der Waals surface area contributed by atoms with E-state index in [-0.39, 0.29) is 0 Å². The molecule has 0 nitrogen and oxygen atoms in total. The number of rotatable bonds is 12. The smallest absolute Gasteiger partial charge is 0.00201 e. The van der Waals surface area contributed by atoms with Crippen LogP contribution in [-0.4, -0.2) is 0 Å². The van der Waals surface area contributed by atoms with Gasteiger partial charge in [0.25, 0.3) is 0 Å². The van der Waals surface area contributed by atoms with Crippen molar-refractivity contribution in [3.8, 4) is 55.6 Å². The molecule has 0 amide bonds. The van der Waals surface area contributed by atoms with Crippen LogP contribution in [0.1, 0.15) is 112 Å². The largest absolute Gasteiger partial charge is 0.0613 e. The van der Waals surface area contributed by atoms with E-state index in [1.54, 1.807) is 0 Å². The molecule has 0 spiro atoms. The van der Waals surface area contributed by atoms with E-state index in [2.05, 4.69) is 153 Å². The number of aryl methyl sites for hydroxylation is 9. The molecule has 0 aromatic heterocycles. The zero-order valence-corrected chi connectivity index (χ0v) is 35.5. The van der Waals surface area contributed by atoms with Crippen LogP contribution < -0.4 is 0 Å². The molecule has 0 radical (unpaired) electrons. The van der Waals surface area contributed by atoms with Gasteiger partial charge in [-0.1, -0.05) is 141 Å². The lowest BCUT2D eigenvalue weighted by atomic mass is 9.82. The quantitative estimate of drug-likeness (QED) is 0.117. The lowest BCUT2D eigenvalue weighted by Crippen LogP contribution is -2.01. The molecule has 0 N–H and O–H groups in total. The van der Waals surface area contributed by atoms with Crippen molar-refractivity contribution in [2.45, 2.75) is 120 Å². The third-order valence-corrected chi connectivity index (χ3v) is 13.2. The molecule has 0 fully saturated rings. The van der Waals surface area contributed by atoms with Crippen molar-refractivity contribution < 1.29 is 0 Å². The summed E-state index contributed by atoms with van der Waals surface area (Å²) in [6, 6.07) is 37.0. The number of fused-ring (bicyclic) bond motifs is 4. The van der Waals surface area contributed by atoms with E-state index in [4.69, 9.17) is 0 Å². The Morgan fingerprint density at radius 1 is 0.268 bits per heavy atom. The molecular formula is C56H60. The maximum Gasteiger partial charge on any atom is -0.00201 e. The molecule has 8 rings (SSSR count). The Balaban J connectivity index is 1.47. The minimum atomic E-state index is 1.02. The Bertz CT molecular complexity index is 2450. The van der Waals surface area contributed by atoms with Crippen molar-refractivity contribution >= 4 is 21.5 Å². The SMILES string of the molecule is CCc1cc(CC)c(-c2ccc(-c3c(CC)cc(CC)cc3CC)c3cc4c(cc23)-c2cccc3c(-c5c(CC)cc(CC)cc5CC)ccc-4c23)c(CC)c1. The summed E-state index contributed by atoms with van der Waals surface area (Å²) in [6.07, 6.45) is 9.36. The second-order valence-corrected chi connectivity index (χ2v) is 16.0. The van der Waals surface area contributed by atoms with E-state index in [1.807, 2.05) is 0 Å². The van der Waals surface area contributed by atoms with Gasteiger partial charge in [-0.25, -0.2) is 0 Å². The highest BCUT2D eigenvalue weighted by molar-refractivity contribution is 6.22.